The predicted molar refractivity (Wildman–Crippen MR) is 106 cm³/mol. The summed E-state index contributed by atoms with van der Waals surface area (Å²) in [6.45, 7) is 2.23. The fraction of sp³-hybridized carbons (Fsp3) is 0.348. The van der Waals surface area contributed by atoms with Crippen molar-refractivity contribution in [2.75, 3.05) is 5.32 Å². The Morgan fingerprint density at radius 2 is 1.56 bits per heavy atom. The molecule has 0 unspecified atom stereocenters. The van der Waals surface area contributed by atoms with Crippen molar-refractivity contribution in [1.82, 2.24) is 0 Å². The molecule has 0 heterocycles. The lowest BCUT2D eigenvalue weighted by Crippen LogP contribution is -2.13. The van der Waals surface area contributed by atoms with Gasteiger partial charge in [-0.1, -0.05) is 81.2 Å². The van der Waals surface area contributed by atoms with E-state index < -0.39 is 0 Å². The van der Waals surface area contributed by atoms with Crippen LogP contribution in [0.15, 0.2) is 54.6 Å². The van der Waals surface area contributed by atoms with E-state index in [0.717, 1.165) is 24.1 Å². The van der Waals surface area contributed by atoms with Crippen molar-refractivity contribution in [3.8, 4) is 11.8 Å². The average Bonchev–Trinajstić information content (AvgIpc) is 2.65. The summed E-state index contributed by atoms with van der Waals surface area (Å²) in [5.41, 5.74) is 2.21. The maximum atomic E-state index is 12.5. The molecule has 0 aliphatic carbocycles. The van der Waals surface area contributed by atoms with Crippen LogP contribution in [0.4, 0.5) is 5.69 Å². The van der Waals surface area contributed by atoms with Gasteiger partial charge in [0.25, 0.3) is 5.91 Å². The van der Waals surface area contributed by atoms with Gasteiger partial charge in [-0.3, -0.25) is 4.79 Å². The van der Waals surface area contributed by atoms with Gasteiger partial charge in [0.2, 0.25) is 0 Å². The Hall–Kier alpha value is -2.53. The maximum Gasteiger partial charge on any atom is 0.256 e. The molecule has 0 aliphatic heterocycles. The molecule has 0 radical (unpaired) electrons. The molecule has 1 amide bonds. The summed E-state index contributed by atoms with van der Waals surface area (Å²) in [6, 6.07) is 17.0. The monoisotopic (exact) mass is 333 g/mol. The Morgan fingerprint density at radius 3 is 2.36 bits per heavy atom. The highest BCUT2D eigenvalue weighted by atomic mass is 16.1. The molecule has 0 fully saturated rings. The second-order valence-corrected chi connectivity index (χ2v) is 6.19. The maximum absolute atomic E-state index is 12.5. The molecule has 1 N–H and O–H groups in total. The molecule has 2 nitrogen and oxygen atoms in total. The highest BCUT2D eigenvalue weighted by Crippen LogP contribution is 2.12. The van der Waals surface area contributed by atoms with Crippen LogP contribution in [0.5, 0.6) is 0 Å². The SMILES string of the molecule is CCCCCCCCC#Cc1ccccc1C(=O)Nc1ccccc1. The van der Waals surface area contributed by atoms with Crippen LogP contribution in [-0.2, 0) is 0 Å². The first kappa shape index (κ1) is 18.8. The Labute approximate surface area is 151 Å². The highest BCUT2D eigenvalue weighted by molar-refractivity contribution is 6.05. The lowest BCUT2D eigenvalue weighted by atomic mass is 10.1. The largest absolute Gasteiger partial charge is 0.322 e. The molecule has 130 valence electrons. The van der Waals surface area contributed by atoms with Gasteiger partial charge in [-0.15, -0.1) is 0 Å². The number of para-hydroxylation sites is 1. The van der Waals surface area contributed by atoms with E-state index >= 15 is 0 Å². The van der Waals surface area contributed by atoms with Crippen molar-refractivity contribution in [3.63, 3.8) is 0 Å². The van der Waals surface area contributed by atoms with Crippen molar-refractivity contribution in [1.29, 1.82) is 0 Å². The number of unbranched alkanes of at least 4 members (excludes halogenated alkanes) is 6. The number of hydrogen-bond acceptors (Lipinski definition) is 1. The molecule has 0 aromatic heterocycles. The van der Waals surface area contributed by atoms with E-state index in [1.807, 2.05) is 54.6 Å². The van der Waals surface area contributed by atoms with Crippen molar-refractivity contribution < 1.29 is 4.79 Å². The summed E-state index contributed by atoms with van der Waals surface area (Å²) in [7, 11) is 0. The minimum Gasteiger partial charge on any atom is -0.322 e. The Morgan fingerprint density at radius 1 is 0.880 bits per heavy atom. The normalized spacial score (nSPS) is 9.96. The molecule has 0 saturated heterocycles. The van der Waals surface area contributed by atoms with Crippen LogP contribution in [0, 0.1) is 11.8 Å². The summed E-state index contributed by atoms with van der Waals surface area (Å²) >= 11 is 0. The molecular formula is C23H27NO. The number of carbonyl (C=O) groups excluding carboxylic acids is 1. The number of carbonyl (C=O) groups is 1. The highest BCUT2D eigenvalue weighted by Gasteiger charge is 2.09. The molecule has 25 heavy (non-hydrogen) atoms. The van der Waals surface area contributed by atoms with Crippen LogP contribution in [0.25, 0.3) is 0 Å². The summed E-state index contributed by atoms with van der Waals surface area (Å²) in [6.07, 6.45) is 8.50. The Bertz CT molecular complexity index is 710. The third kappa shape index (κ3) is 6.85. The number of amides is 1. The van der Waals surface area contributed by atoms with Gasteiger partial charge in [-0.05, 0) is 30.7 Å². The van der Waals surface area contributed by atoms with E-state index in [1.165, 1.54) is 32.1 Å². The van der Waals surface area contributed by atoms with E-state index in [9.17, 15) is 4.79 Å². The van der Waals surface area contributed by atoms with E-state index in [2.05, 4.69) is 24.1 Å². The molecule has 2 heteroatoms. The lowest BCUT2D eigenvalue weighted by molar-refractivity contribution is 0.102. The first-order chi connectivity index (χ1) is 12.3. The van der Waals surface area contributed by atoms with Gasteiger partial charge in [-0.25, -0.2) is 0 Å². The molecule has 2 rings (SSSR count). The topological polar surface area (TPSA) is 29.1 Å². The molecular weight excluding hydrogens is 306 g/mol. The van der Waals surface area contributed by atoms with Crippen LogP contribution in [0.1, 0.15) is 67.8 Å². The van der Waals surface area contributed by atoms with Crippen molar-refractivity contribution in [2.24, 2.45) is 0 Å². The standard InChI is InChI=1S/C23H27NO/c1-2-3-4-5-6-7-8-10-15-20-16-13-14-19-22(20)23(25)24-21-17-11-9-12-18-21/h9,11-14,16-19H,2-8H2,1H3,(H,24,25). The fourth-order valence-corrected chi connectivity index (χ4v) is 2.66. The molecule has 0 saturated carbocycles. The smallest absolute Gasteiger partial charge is 0.256 e. The zero-order chi connectivity index (χ0) is 17.7. The van der Waals surface area contributed by atoms with Crippen LogP contribution in [0.2, 0.25) is 0 Å². The minimum atomic E-state index is -0.115. The number of anilines is 1. The van der Waals surface area contributed by atoms with Crippen LogP contribution in [0.3, 0.4) is 0 Å². The number of hydrogen-bond donors (Lipinski definition) is 1. The van der Waals surface area contributed by atoms with E-state index in [4.69, 9.17) is 0 Å². The van der Waals surface area contributed by atoms with E-state index in [0.29, 0.717) is 5.56 Å². The Balaban J connectivity index is 1.90. The van der Waals surface area contributed by atoms with Crippen LogP contribution < -0.4 is 5.32 Å². The minimum absolute atomic E-state index is 0.115. The van der Waals surface area contributed by atoms with Crippen molar-refractivity contribution in [2.45, 2.75) is 51.9 Å². The van der Waals surface area contributed by atoms with Crippen molar-refractivity contribution >= 4 is 11.6 Å². The molecule has 0 atom stereocenters. The average molecular weight is 333 g/mol. The molecule has 2 aromatic rings. The van der Waals surface area contributed by atoms with Gasteiger partial charge >= 0.3 is 0 Å². The Kier molecular flexibility index (Phi) is 8.35. The predicted octanol–water partition coefficient (Wildman–Crippen LogP) is 6.04. The van der Waals surface area contributed by atoms with Crippen LogP contribution >= 0.6 is 0 Å². The first-order valence-corrected chi connectivity index (χ1v) is 9.25. The zero-order valence-corrected chi connectivity index (χ0v) is 15.1. The number of rotatable bonds is 8. The quantitative estimate of drug-likeness (QED) is 0.463. The molecule has 0 spiro atoms. The second kappa shape index (κ2) is 11.1. The fourth-order valence-electron chi connectivity index (χ4n) is 2.66. The third-order valence-electron chi connectivity index (χ3n) is 4.08. The van der Waals surface area contributed by atoms with E-state index in [1.54, 1.807) is 0 Å². The summed E-state index contributed by atoms with van der Waals surface area (Å²) in [5.74, 6) is 6.28. The second-order valence-electron chi connectivity index (χ2n) is 6.19. The van der Waals surface area contributed by atoms with Crippen molar-refractivity contribution in [3.05, 3.63) is 65.7 Å². The van der Waals surface area contributed by atoms with Gasteiger partial charge in [0, 0.05) is 17.7 Å². The molecule has 0 bridgehead atoms. The van der Waals surface area contributed by atoms with Gasteiger partial charge < -0.3 is 5.32 Å². The molecule has 0 aliphatic rings. The van der Waals surface area contributed by atoms with Gasteiger partial charge in [0.05, 0.1) is 5.56 Å². The number of nitrogens with one attached hydrogen (secondary N) is 1. The third-order valence-corrected chi connectivity index (χ3v) is 4.08. The first-order valence-electron chi connectivity index (χ1n) is 9.25. The van der Waals surface area contributed by atoms with Gasteiger partial charge in [-0.2, -0.15) is 0 Å². The summed E-state index contributed by atoms with van der Waals surface area (Å²) in [4.78, 5) is 12.5. The summed E-state index contributed by atoms with van der Waals surface area (Å²) in [5, 5.41) is 2.92. The van der Waals surface area contributed by atoms with Crippen LogP contribution in [-0.4, -0.2) is 5.91 Å². The zero-order valence-electron chi connectivity index (χ0n) is 15.1. The van der Waals surface area contributed by atoms with Gasteiger partial charge in [0.1, 0.15) is 0 Å². The lowest BCUT2D eigenvalue weighted by Gasteiger charge is -2.06. The molecule has 2 aromatic carbocycles. The van der Waals surface area contributed by atoms with Gasteiger partial charge in [0.15, 0.2) is 0 Å². The van der Waals surface area contributed by atoms with E-state index in [-0.39, 0.29) is 5.91 Å². The summed E-state index contributed by atoms with van der Waals surface area (Å²) < 4.78 is 0. The number of benzene rings is 2.